The third-order valence-electron chi connectivity index (χ3n) is 5.78. The van der Waals surface area contributed by atoms with E-state index in [0.717, 1.165) is 12.0 Å². The molecule has 0 aliphatic heterocycles. The van der Waals surface area contributed by atoms with Gasteiger partial charge in [-0.3, -0.25) is 4.79 Å². The molecular weight excluding hydrogens is 520 g/mol. The summed E-state index contributed by atoms with van der Waals surface area (Å²) in [6.07, 6.45) is 2.38. The van der Waals surface area contributed by atoms with Gasteiger partial charge in [-0.25, -0.2) is 10.2 Å². The number of carbonyl (C=O) groups is 2. The highest BCUT2D eigenvalue weighted by atomic mass is 16.6. The lowest BCUT2D eigenvalue weighted by molar-refractivity contribution is 0.0728. The number of esters is 1. The number of hydrogen-bond acceptors (Lipinski definition) is 7. The van der Waals surface area contributed by atoms with Gasteiger partial charge in [-0.2, -0.15) is 5.10 Å². The maximum atomic E-state index is 12.8. The molecule has 0 spiro atoms. The average molecular weight is 553 g/mol. The number of amides is 1. The minimum absolute atomic E-state index is 0.272. The number of nitrogens with one attached hydrogen (secondary N) is 1. The molecule has 8 nitrogen and oxygen atoms in total. The maximum Gasteiger partial charge on any atom is 0.343 e. The molecule has 4 rings (SSSR count). The Morgan fingerprint density at radius 2 is 1.54 bits per heavy atom. The van der Waals surface area contributed by atoms with Crippen LogP contribution >= 0.6 is 0 Å². The molecule has 4 aromatic carbocycles. The molecule has 0 heterocycles. The second-order valence-electron chi connectivity index (χ2n) is 8.87. The van der Waals surface area contributed by atoms with Gasteiger partial charge in [0.05, 0.1) is 30.6 Å². The van der Waals surface area contributed by atoms with E-state index in [4.69, 9.17) is 18.9 Å². The van der Waals surface area contributed by atoms with Gasteiger partial charge in [-0.15, -0.1) is 0 Å². The van der Waals surface area contributed by atoms with Crippen LogP contribution in [-0.2, 0) is 6.61 Å². The first-order valence-electron chi connectivity index (χ1n) is 13.4. The van der Waals surface area contributed by atoms with E-state index in [2.05, 4.69) is 10.5 Å². The largest absolute Gasteiger partial charge is 0.494 e. The molecule has 0 radical (unpaired) electrons. The molecule has 0 bridgehead atoms. The number of nitrogens with zero attached hydrogens (tertiary/aromatic N) is 1. The van der Waals surface area contributed by atoms with Crippen molar-refractivity contribution in [3.63, 3.8) is 0 Å². The molecule has 0 saturated heterocycles. The summed E-state index contributed by atoms with van der Waals surface area (Å²) >= 11 is 0. The molecule has 0 fully saturated rings. The molecule has 0 atom stereocenters. The number of hydrogen-bond donors (Lipinski definition) is 1. The Kier molecular flexibility index (Phi) is 10.5. The fourth-order valence-electron chi connectivity index (χ4n) is 3.76. The van der Waals surface area contributed by atoms with Gasteiger partial charge in [0.15, 0.2) is 11.5 Å². The van der Waals surface area contributed by atoms with E-state index in [-0.39, 0.29) is 5.75 Å². The van der Waals surface area contributed by atoms with Crippen molar-refractivity contribution >= 4 is 18.1 Å². The summed E-state index contributed by atoms with van der Waals surface area (Å²) in [5.74, 6) is 0.864. The first-order chi connectivity index (χ1) is 20.1. The van der Waals surface area contributed by atoms with E-state index >= 15 is 0 Å². The zero-order valence-corrected chi connectivity index (χ0v) is 23.0. The Hall–Kier alpha value is -5.11. The van der Waals surface area contributed by atoms with Crippen molar-refractivity contribution in [2.75, 3.05) is 13.2 Å². The average Bonchev–Trinajstić information content (AvgIpc) is 3.01. The highest BCUT2D eigenvalue weighted by Crippen LogP contribution is 2.29. The Labute approximate surface area is 239 Å². The van der Waals surface area contributed by atoms with Crippen molar-refractivity contribution in [2.24, 2.45) is 5.10 Å². The van der Waals surface area contributed by atoms with Crippen LogP contribution in [0.15, 0.2) is 102 Å². The second kappa shape index (κ2) is 14.9. The molecule has 41 heavy (non-hydrogen) atoms. The fraction of sp³-hybridized carbons (Fsp3) is 0.182. The van der Waals surface area contributed by atoms with Gasteiger partial charge in [0.1, 0.15) is 18.1 Å². The lowest BCUT2D eigenvalue weighted by atomic mass is 10.2. The van der Waals surface area contributed by atoms with Gasteiger partial charge in [0.25, 0.3) is 5.91 Å². The van der Waals surface area contributed by atoms with Crippen LogP contribution in [0.1, 0.15) is 52.1 Å². The first-order valence-corrected chi connectivity index (χ1v) is 13.4. The second-order valence-corrected chi connectivity index (χ2v) is 8.87. The summed E-state index contributed by atoms with van der Waals surface area (Å²) in [6, 6.07) is 28.5. The quantitative estimate of drug-likeness (QED) is 0.0888. The van der Waals surface area contributed by atoms with Crippen LogP contribution < -0.4 is 24.4 Å². The topological polar surface area (TPSA) is 95.5 Å². The highest BCUT2D eigenvalue weighted by molar-refractivity contribution is 5.97. The zero-order valence-electron chi connectivity index (χ0n) is 23.0. The van der Waals surface area contributed by atoms with Gasteiger partial charge >= 0.3 is 5.97 Å². The lowest BCUT2D eigenvalue weighted by Crippen LogP contribution is -2.18. The van der Waals surface area contributed by atoms with E-state index in [1.54, 1.807) is 66.7 Å². The van der Waals surface area contributed by atoms with Crippen LogP contribution in [-0.4, -0.2) is 31.3 Å². The van der Waals surface area contributed by atoms with E-state index in [0.29, 0.717) is 53.8 Å². The Morgan fingerprint density at radius 3 is 2.29 bits per heavy atom. The molecule has 210 valence electrons. The number of carbonyl (C=O) groups excluding carboxylic acids is 2. The van der Waals surface area contributed by atoms with Gasteiger partial charge < -0.3 is 18.9 Å². The van der Waals surface area contributed by atoms with Gasteiger partial charge in [-0.05, 0) is 79.1 Å². The van der Waals surface area contributed by atoms with Gasteiger partial charge in [0.2, 0.25) is 0 Å². The van der Waals surface area contributed by atoms with Crippen LogP contribution in [0.4, 0.5) is 0 Å². The lowest BCUT2D eigenvalue weighted by Gasteiger charge is -2.12. The Bertz CT molecular complexity index is 1470. The molecular formula is C33H32N2O6. The third-order valence-corrected chi connectivity index (χ3v) is 5.78. The van der Waals surface area contributed by atoms with Crippen molar-refractivity contribution in [3.8, 4) is 23.0 Å². The van der Waals surface area contributed by atoms with E-state index < -0.39 is 11.9 Å². The number of para-hydroxylation sites is 1. The Balaban J connectivity index is 1.39. The van der Waals surface area contributed by atoms with E-state index in [9.17, 15) is 9.59 Å². The van der Waals surface area contributed by atoms with Crippen LogP contribution in [0.3, 0.4) is 0 Å². The van der Waals surface area contributed by atoms with E-state index in [1.807, 2.05) is 44.2 Å². The van der Waals surface area contributed by atoms with Crippen molar-refractivity contribution in [2.45, 2.75) is 26.9 Å². The number of benzene rings is 4. The molecule has 0 aliphatic carbocycles. The molecule has 0 aromatic heterocycles. The number of ether oxygens (including phenoxy) is 4. The summed E-state index contributed by atoms with van der Waals surface area (Å²) in [5, 5.41) is 4.09. The molecule has 1 N–H and O–H groups in total. The molecule has 1 amide bonds. The maximum absolute atomic E-state index is 12.8. The fourth-order valence-corrected chi connectivity index (χ4v) is 3.76. The number of rotatable bonds is 13. The minimum Gasteiger partial charge on any atom is -0.494 e. The predicted molar refractivity (Wildman–Crippen MR) is 157 cm³/mol. The summed E-state index contributed by atoms with van der Waals surface area (Å²) in [5.41, 5.74) is 4.92. The van der Waals surface area contributed by atoms with Gasteiger partial charge in [-0.1, -0.05) is 49.4 Å². The summed E-state index contributed by atoms with van der Waals surface area (Å²) in [6.45, 7) is 5.17. The van der Waals surface area contributed by atoms with Crippen LogP contribution in [0.2, 0.25) is 0 Å². The summed E-state index contributed by atoms with van der Waals surface area (Å²) in [7, 11) is 0. The smallest absolute Gasteiger partial charge is 0.343 e. The van der Waals surface area contributed by atoms with Crippen molar-refractivity contribution in [1.29, 1.82) is 0 Å². The third kappa shape index (κ3) is 8.44. The number of hydrazone groups is 1. The Morgan fingerprint density at radius 1 is 0.780 bits per heavy atom. The highest BCUT2D eigenvalue weighted by Gasteiger charge is 2.14. The van der Waals surface area contributed by atoms with Crippen molar-refractivity contribution in [1.82, 2.24) is 5.43 Å². The molecule has 8 heteroatoms. The first kappa shape index (κ1) is 28.9. The predicted octanol–water partition coefficient (Wildman–Crippen LogP) is 6.44. The standard InChI is InChI=1S/C33H32N2O6/c1-3-20-39-27-17-15-26(16-18-27)33(37)41-30-19-14-25(21-31(30)38-4-2)22-34-35-32(36)28-12-8-9-13-29(28)40-23-24-10-6-5-7-11-24/h5-19,21-22H,3-4,20,23H2,1-2H3,(H,35,36). The van der Waals surface area contributed by atoms with Gasteiger partial charge in [0, 0.05) is 0 Å². The summed E-state index contributed by atoms with van der Waals surface area (Å²) in [4.78, 5) is 25.5. The molecule has 0 saturated carbocycles. The van der Waals surface area contributed by atoms with Crippen molar-refractivity contribution in [3.05, 3.63) is 119 Å². The SMILES string of the molecule is CCCOc1ccc(C(=O)Oc2ccc(C=NNC(=O)c3ccccc3OCc3ccccc3)cc2OCC)cc1. The summed E-state index contributed by atoms with van der Waals surface area (Å²) < 4.78 is 22.7. The van der Waals surface area contributed by atoms with Crippen LogP contribution in [0, 0.1) is 0 Å². The minimum atomic E-state index is -0.519. The monoisotopic (exact) mass is 552 g/mol. The van der Waals surface area contributed by atoms with Crippen LogP contribution in [0.5, 0.6) is 23.0 Å². The van der Waals surface area contributed by atoms with Crippen molar-refractivity contribution < 1.29 is 28.5 Å². The molecule has 4 aromatic rings. The molecule has 0 unspecified atom stereocenters. The zero-order chi connectivity index (χ0) is 28.9. The van der Waals surface area contributed by atoms with E-state index in [1.165, 1.54) is 6.21 Å². The van der Waals surface area contributed by atoms with Crippen LogP contribution in [0.25, 0.3) is 0 Å². The molecule has 0 aliphatic rings. The normalized spacial score (nSPS) is 10.7.